The number of aryl methyl sites for hydroxylation is 2. The maximum absolute atomic E-state index is 14.4. The number of amides is 1. The molecule has 2 aromatic rings. The molecule has 122 valence electrons. The van der Waals surface area contributed by atoms with Gasteiger partial charge in [0.1, 0.15) is 5.82 Å². The fourth-order valence-corrected chi connectivity index (χ4v) is 2.92. The van der Waals surface area contributed by atoms with Gasteiger partial charge in [-0.2, -0.15) is 0 Å². The van der Waals surface area contributed by atoms with E-state index < -0.39 is 5.82 Å². The van der Waals surface area contributed by atoms with Crippen molar-refractivity contribution in [3.63, 3.8) is 0 Å². The third kappa shape index (κ3) is 2.99. The molecule has 0 aromatic carbocycles. The Bertz CT molecular complexity index is 718. The van der Waals surface area contributed by atoms with E-state index in [1.807, 2.05) is 4.90 Å². The molecule has 0 bridgehead atoms. The van der Waals surface area contributed by atoms with Gasteiger partial charge in [-0.1, -0.05) is 5.21 Å². The minimum absolute atomic E-state index is 0.141. The first-order valence-corrected chi connectivity index (χ1v) is 7.34. The Kier molecular flexibility index (Phi) is 3.93. The van der Waals surface area contributed by atoms with Gasteiger partial charge in [0.2, 0.25) is 5.91 Å². The van der Waals surface area contributed by atoms with E-state index in [0.29, 0.717) is 24.6 Å². The average Bonchev–Trinajstić information content (AvgIpc) is 3.11. The molecule has 0 unspecified atom stereocenters. The highest BCUT2D eigenvalue weighted by Crippen LogP contribution is 2.28. The second-order valence-electron chi connectivity index (χ2n) is 5.66. The van der Waals surface area contributed by atoms with Gasteiger partial charge >= 0.3 is 0 Å². The highest BCUT2D eigenvalue weighted by molar-refractivity contribution is 5.73. The molecule has 2 aromatic heterocycles. The number of nitrogens with zero attached hydrogens (tertiary/aromatic N) is 6. The summed E-state index contributed by atoms with van der Waals surface area (Å²) in [6, 6.07) is -0.347. The van der Waals surface area contributed by atoms with Crippen LogP contribution in [-0.2, 0) is 4.79 Å². The van der Waals surface area contributed by atoms with Gasteiger partial charge in [-0.3, -0.25) is 4.79 Å². The molecule has 1 saturated heterocycles. The molecule has 2 atom stereocenters. The van der Waals surface area contributed by atoms with Crippen molar-refractivity contribution in [3.8, 4) is 0 Å². The fraction of sp³-hybridized carbons (Fsp3) is 0.500. The molecule has 8 nitrogen and oxygen atoms in total. The summed E-state index contributed by atoms with van der Waals surface area (Å²) >= 11 is 0. The Labute approximate surface area is 132 Å². The number of rotatable bonds is 3. The van der Waals surface area contributed by atoms with E-state index in [1.165, 1.54) is 6.92 Å². The van der Waals surface area contributed by atoms with Crippen molar-refractivity contribution in [2.45, 2.75) is 32.9 Å². The van der Waals surface area contributed by atoms with Crippen LogP contribution in [0.2, 0.25) is 0 Å². The summed E-state index contributed by atoms with van der Waals surface area (Å²) < 4.78 is 16.1. The predicted molar refractivity (Wildman–Crippen MR) is 80.3 cm³/mol. The quantitative estimate of drug-likeness (QED) is 0.880. The number of anilines is 1. The number of aromatic nitrogens is 5. The van der Waals surface area contributed by atoms with Crippen molar-refractivity contribution >= 4 is 11.7 Å². The van der Waals surface area contributed by atoms with E-state index in [9.17, 15) is 9.18 Å². The molecule has 9 heteroatoms. The SMILES string of the molecule is CC(=O)N[C@@H]1CN(c2nc(C)nc(C)c2F)C[C@@H]1n1ccnn1. The number of hydrogen-bond acceptors (Lipinski definition) is 6. The lowest BCUT2D eigenvalue weighted by Gasteiger charge is -2.18. The molecular weight excluding hydrogens is 301 g/mol. The highest BCUT2D eigenvalue weighted by Gasteiger charge is 2.37. The maximum Gasteiger partial charge on any atom is 0.217 e. The van der Waals surface area contributed by atoms with Gasteiger partial charge in [0.15, 0.2) is 11.6 Å². The molecule has 0 saturated carbocycles. The summed E-state index contributed by atoms with van der Waals surface area (Å²) in [5.74, 6) is 0.195. The first kappa shape index (κ1) is 15.3. The Morgan fingerprint density at radius 1 is 1.35 bits per heavy atom. The Hall–Kier alpha value is -2.58. The summed E-state index contributed by atoms with van der Waals surface area (Å²) in [7, 11) is 0. The van der Waals surface area contributed by atoms with Gasteiger partial charge in [-0.25, -0.2) is 19.0 Å². The van der Waals surface area contributed by atoms with Crippen LogP contribution in [0.5, 0.6) is 0 Å². The zero-order valence-electron chi connectivity index (χ0n) is 13.2. The molecule has 3 rings (SSSR count). The zero-order chi connectivity index (χ0) is 16.6. The molecule has 0 spiro atoms. The second-order valence-corrected chi connectivity index (χ2v) is 5.66. The minimum atomic E-state index is -0.434. The summed E-state index contributed by atoms with van der Waals surface area (Å²) in [5.41, 5.74) is 0.313. The first-order valence-electron chi connectivity index (χ1n) is 7.34. The summed E-state index contributed by atoms with van der Waals surface area (Å²) in [4.78, 5) is 21.5. The van der Waals surface area contributed by atoms with Crippen LogP contribution < -0.4 is 10.2 Å². The van der Waals surface area contributed by atoms with Crippen molar-refractivity contribution in [1.82, 2.24) is 30.3 Å². The van der Waals surface area contributed by atoms with E-state index >= 15 is 0 Å². The monoisotopic (exact) mass is 319 g/mol. The van der Waals surface area contributed by atoms with Crippen LogP contribution >= 0.6 is 0 Å². The molecule has 0 radical (unpaired) electrons. The lowest BCUT2D eigenvalue weighted by Crippen LogP contribution is -2.40. The average molecular weight is 319 g/mol. The van der Waals surface area contributed by atoms with Crippen LogP contribution in [0.1, 0.15) is 24.5 Å². The van der Waals surface area contributed by atoms with Gasteiger partial charge in [0.05, 0.1) is 24.0 Å². The van der Waals surface area contributed by atoms with E-state index in [-0.39, 0.29) is 23.8 Å². The zero-order valence-corrected chi connectivity index (χ0v) is 13.2. The smallest absolute Gasteiger partial charge is 0.217 e. The standard InChI is InChI=1S/C14H18FN7O/c1-8-13(15)14(18-9(2)17-8)21-6-11(19-10(3)23)12(7-21)22-5-4-16-20-22/h4-5,11-12H,6-7H2,1-3H3,(H,19,23)/t11-,12+/m1/s1. The first-order chi connectivity index (χ1) is 11.0. The number of carbonyl (C=O) groups is 1. The van der Waals surface area contributed by atoms with Crippen molar-refractivity contribution < 1.29 is 9.18 Å². The number of carbonyl (C=O) groups excluding carboxylic acids is 1. The van der Waals surface area contributed by atoms with Crippen molar-refractivity contribution in [1.29, 1.82) is 0 Å². The van der Waals surface area contributed by atoms with Crippen LogP contribution in [0, 0.1) is 19.7 Å². The van der Waals surface area contributed by atoms with Crippen LogP contribution in [0.25, 0.3) is 0 Å². The van der Waals surface area contributed by atoms with Crippen LogP contribution in [-0.4, -0.2) is 50.0 Å². The highest BCUT2D eigenvalue weighted by atomic mass is 19.1. The predicted octanol–water partition coefficient (Wildman–Crippen LogP) is 0.390. The molecule has 3 heterocycles. The molecule has 1 aliphatic rings. The Balaban J connectivity index is 1.92. The van der Waals surface area contributed by atoms with Crippen molar-refractivity contribution in [2.24, 2.45) is 0 Å². The minimum Gasteiger partial charge on any atom is -0.350 e. The fourth-order valence-electron chi connectivity index (χ4n) is 2.92. The van der Waals surface area contributed by atoms with Crippen LogP contribution in [0.3, 0.4) is 0 Å². The summed E-state index contributed by atoms with van der Waals surface area (Å²) in [5, 5.41) is 10.7. The number of nitrogens with one attached hydrogen (secondary N) is 1. The normalized spacial score (nSPS) is 20.8. The topological polar surface area (TPSA) is 88.8 Å². The van der Waals surface area contributed by atoms with E-state index in [2.05, 4.69) is 25.6 Å². The van der Waals surface area contributed by atoms with E-state index in [1.54, 1.807) is 30.9 Å². The molecule has 1 aliphatic heterocycles. The van der Waals surface area contributed by atoms with Gasteiger partial charge < -0.3 is 10.2 Å². The number of halogens is 1. The molecule has 1 fully saturated rings. The molecular formula is C14H18FN7O. The van der Waals surface area contributed by atoms with E-state index in [4.69, 9.17) is 0 Å². The maximum atomic E-state index is 14.4. The Morgan fingerprint density at radius 3 is 2.78 bits per heavy atom. The largest absolute Gasteiger partial charge is 0.350 e. The molecule has 1 amide bonds. The van der Waals surface area contributed by atoms with Crippen LogP contribution in [0.4, 0.5) is 10.2 Å². The molecule has 0 aliphatic carbocycles. The number of hydrogen-bond donors (Lipinski definition) is 1. The summed E-state index contributed by atoms with van der Waals surface area (Å²) in [6.45, 7) is 5.72. The third-order valence-electron chi connectivity index (χ3n) is 3.87. The molecule has 23 heavy (non-hydrogen) atoms. The van der Waals surface area contributed by atoms with Crippen molar-refractivity contribution in [3.05, 3.63) is 29.7 Å². The second kappa shape index (κ2) is 5.90. The van der Waals surface area contributed by atoms with Crippen molar-refractivity contribution in [2.75, 3.05) is 18.0 Å². The summed E-state index contributed by atoms with van der Waals surface area (Å²) in [6.07, 6.45) is 3.31. The van der Waals surface area contributed by atoms with Gasteiger partial charge in [-0.05, 0) is 13.8 Å². The Morgan fingerprint density at radius 2 is 2.13 bits per heavy atom. The lowest BCUT2D eigenvalue weighted by molar-refractivity contribution is -0.119. The van der Waals surface area contributed by atoms with Gasteiger partial charge in [0, 0.05) is 26.2 Å². The van der Waals surface area contributed by atoms with E-state index in [0.717, 1.165) is 0 Å². The lowest BCUT2D eigenvalue weighted by atomic mass is 10.2. The molecule has 1 N–H and O–H groups in total. The third-order valence-corrected chi connectivity index (χ3v) is 3.87. The van der Waals surface area contributed by atoms with Gasteiger partial charge in [0.25, 0.3) is 0 Å². The van der Waals surface area contributed by atoms with Gasteiger partial charge in [-0.15, -0.1) is 5.10 Å². The van der Waals surface area contributed by atoms with Crippen LogP contribution in [0.15, 0.2) is 12.4 Å².